The molecule has 2 aromatic carbocycles. The summed E-state index contributed by atoms with van der Waals surface area (Å²) < 4.78 is 5.44. The molecule has 2 fully saturated rings. The van der Waals surface area contributed by atoms with E-state index in [1.165, 1.54) is 22.4 Å². The van der Waals surface area contributed by atoms with E-state index in [0.29, 0.717) is 0 Å². The fourth-order valence-corrected chi connectivity index (χ4v) is 5.64. The van der Waals surface area contributed by atoms with Crippen LogP contribution in [0.3, 0.4) is 0 Å². The number of carbonyl (C=O) groups is 3. The Kier molecular flexibility index (Phi) is 10.6. The van der Waals surface area contributed by atoms with Gasteiger partial charge in [-0.25, -0.2) is 0 Å². The van der Waals surface area contributed by atoms with Crippen LogP contribution in [0.1, 0.15) is 46.3 Å². The van der Waals surface area contributed by atoms with Gasteiger partial charge in [0.1, 0.15) is 0 Å². The molecule has 1 amide bonds. The number of aliphatic carboxylic acids is 2. The molecule has 222 valence electrons. The summed E-state index contributed by atoms with van der Waals surface area (Å²) in [5, 5.41) is 19.1. The molecule has 10 nitrogen and oxygen atoms in total. The first kappa shape index (κ1) is 30.3. The van der Waals surface area contributed by atoms with Crippen molar-refractivity contribution >= 4 is 29.2 Å². The Morgan fingerprint density at radius 2 is 1.49 bits per heavy atom. The predicted octanol–water partition coefficient (Wildman–Crippen LogP) is 2.81. The zero-order chi connectivity index (χ0) is 29.4. The van der Waals surface area contributed by atoms with Gasteiger partial charge in [-0.05, 0) is 80.3 Å². The Labute approximate surface area is 241 Å². The first-order valence-electron chi connectivity index (χ1n) is 14.4. The number of piperazine rings is 1. The number of aryl methyl sites for hydroxylation is 1. The summed E-state index contributed by atoms with van der Waals surface area (Å²) in [7, 11) is 2.20. The van der Waals surface area contributed by atoms with Crippen LogP contribution < -0.4 is 15.1 Å². The summed E-state index contributed by atoms with van der Waals surface area (Å²) in [6, 6.07) is 12.8. The van der Waals surface area contributed by atoms with Gasteiger partial charge in [-0.3, -0.25) is 14.4 Å². The smallest absolute Gasteiger partial charge is 0.303 e. The molecule has 41 heavy (non-hydrogen) atoms. The molecule has 0 bridgehead atoms. The van der Waals surface area contributed by atoms with Crippen molar-refractivity contribution < 1.29 is 29.3 Å². The van der Waals surface area contributed by atoms with E-state index in [-0.39, 0.29) is 24.8 Å². The SMILES string of the molecule is Cc1ccc(N2CCN(C)CC2)c2c1CCC(NC(=O)c1ccc(N3CCOCC3)cc1)C2.O=C(O)CCC(=O)O. The molecule has 10 heteroatoms. The average Bonchev–Trinajstić information content (AvgIpc) is 2.98. The van der Waals surface area contributed by atoms with E-state index in [1.807, 2.05) is 12.1 Å². The third-order valence-electron chi connectivity index (χ3n) is 8.07. The number of fused-ring (bicyclic) bond motifs is 1. The zero-order valence-electron chi connectivity index (χ0n) is 24.1. The van der Waals surface area contributed by atoms with Gasteiger partial charge in [0.15, 0.2) is 0 Å². The maximum atomic E-state index is 13.0. The standard InChI is InChI=1S/C27H36N4O2.C4H6O4/c1-20-3-10-26(31-13-11-29(2)12-14-31)25-19-22(6-9-24(20)25)28-27(32)21-4-7-23(8-5-21)30-15-17-33-18-16-30;5-3(6)1-2-4(7)8/h3-5,7-8,10,22H,6,9,11-19H2,1-2H3,(H,28,32);1-2H2,(H,5,6)(H,7,8). The Balaban J connectivity index is 0.000000426. The topological polar surface area (TPSA) is 123 Å². The van der Waals surface area contributed by atoms with Crippen molar-refractivity contribution in [1.82, 2.24) is 10.2 Å². The van der Waals surface area contributed by atoms with Gasteiger partial charge in [0.05, 0.1) is 26.1 Å². The first-order valence-corrected chi connectivity index (χ1v) is 14.4. The number of carbonyl (C=O) groups excluding carboxylic acids is 1. The lowest BCUT2D eigenvalue weighted by Gasteiger charge is -2.37. The normalized spacial score (nSPS) is 19.0. The summed E-state index contributed by atoms with van der Waals surface area (Å²) in [6.07, 6.45) is 2.35. The number of rotatable bonds is 7. The second-order valence-corrected chi connectivity index (χ2v) is 11.0. The number of hydrogen-bond donors (Lipinski definition) is 3. The van der Waals surface area contributed by atoms with Crippen molar-refractivity contribution in [2.24, 2.45) is 0 Å². The van der Waals surface area contributed by atoms with Crippen LogP contribution in [-0.2, 0) is 27.2 Å². The lowest BCUT2D eigenvalue weighted by molar-refractivity contribution is -0.143. The molecule has 0 spiro atoms. The minimum Gasteiger partial charge on any atom is -0.481 e. The van der Waals surface area contributed by atoms with E-state index in [1.54, 1.807) is 0 Å². The number of amides is 1. The second kappa shape index (κ2) is 14.3. The van der Waals surface area contributed by atoms with E-state index in [4.69, 9.17) is 14.9 Å². The number of carboxylic acid groups (broad SMARTS) is 2. The molecule has 2 heterocycles. The van der Waals surface area contributed by atoms with Crippen LogP contribution in [0.4, 0.5) is 11.4 Å². The molecule has 2 saturated heterocycles. The second-order valence-electron chi connectivity index (χ2n) is 11.0. The molecule has 0 aromatic heterocycles. The largest absolute Gasteiger partial charge is 0.481 e. The number of anilines is 2. The van der Waals surface area contributed by atoms with Gasteiger partial charge in [0.2, 0.25) is 0 Å². The Bertz CT molecular complexity index is 1190. The highest BCUT2D eigenvalue weighted by atomic mass is 16.5. The summed E-state index contributed by atoms with van der Waals surface area (Å²) >= 11 is 0. The number of likely N-dealkylation sites (N-methyl/N-ethyl adjacent to an activating group) is 1. The molecule has 2 aliphatic heterocycles. The molecule has 0 radical (unpaired) electrons. The van der Waals surface area contributed by atoms with Crippen LogP contribution in [0.15, 0.2) is 36.4 Å². The van der Waals surface area contributed by atoms with Crippen molar-refractivity contribution in [3.63, 3.8) is 0 Å². The van der Waals surface area contributed by atoms with Crippen LogP contribution in [-0.4, -0.2) is 98.5 Å². The average molecular weight is 567 g/mol. The number of morpholine rings is 1. The molecule has 1 aliphatic carbocycles. The molecule has 5 rings (SSSR count). The summed E-state index contributed by atoms with van der Waals surface area (Å²) in [4.78, 5) is 39.6. The van der Waals surface area contributed by atoms with Gasteiger partial charge in [-0.15, -0.1) is 0 Å². The number of carboxylic acids is 2. The fraction of sp³-hybridized carbons (Fsp3) is 0.516. The number of nitrogens with zero attached hydrogens (tertiary/aromatic N) is 3. The number of ether oxygens (including phenoxy) is 1. The molecule has 3 aliphatic rings. The van der Waals surface area contributed by atoms with Crippen molar-refractivity contribution in [1.29, 1.82) is 0 Å². The van der Waals surface area contributed by atoms with Gasteiger partial charge in [0, 0.05) is 62.2 Å². The quantitative estimate of drug-likeness (QED) is 0.464. The van der Waals surface area contributed by atoms with Gasteiger partial charge in [-0.1, -0.05) is 6.07 Å². The molecule has 1 unspecified atom stereocenters. The van der Waals surface area contributed by atoms with E-state index < -0.39 is 11.9 Å². The van der Waals surface area contributed by atoms with Gasteiger partial charge < -0.3 is 35.0 Å². The molecule has 1 atom stereocenters. The van der Waals surface area contributed by atoms with E-state index in [2.05, 4.69) is 58.3 Å². The van der Waals surface area contributed by atoms with Crippen LogP contribution in [0.5, 0.6) is 0 Å². The first-order chi connectivity index (χ1) is 19.7. The van der Waals surface area contributed by atoms with Crippen molar-refractivity contribution in [3.05, 3.63) is 58.7 Å². The predicted molar refractivity (Wildman–Crippen MR) is 158 cm³/mol. The molecular formula is C31H42N4O6. The Hall–Kier alpha value is -3.63. The van der Waals surface area contributed by atoms with Crippen molar-refractivity contribution in [2.75, 3.05) is 69.3 Å². The minimum atomic E-state index is -1.08. The molecule has 2 aromatic rings. The Morgan fingerprint density at radius 3 is 2.10 bits per heavy atom. The highest BCUT2D eigenvalue weighted by molar-refractivity contribution is 5.94. The van der Waals surface area contributed by atoms with Crippen molar-refractivity contribution in [2.45, 2.75) is 45.1 Å². The van der Waals surface area contributed by atoms with E-state index in [9.17, 15) is 14.4 Å². The van der Waals surface area contributed by atoms with E-state index in [0.717, 1.165) is 83.0 Å². The lowest BCUT2D eigenvalue weighted by Crippen LogP contribution is -2.45. The number of nitrogens with one attached hydrogen (secondary N) is 1. The number of hydrogen-bond acceptors (Lipinski definition) is 7. The van der Waals surface area contributed by atoms with Gasteiger partial charge in [0.25, 0.3) is 5.91 Å². The molecule has 0 saturated carbocycles. The highest BCUT2D eigenvalue weighted by Gasteiger charge is 2.27. The third kappa shape index (κ3) is 8.43. The van der Waals surface area contributed by atoms with Gasteiger partial charge >= 0.3 is 11.9 Å². The monoisotopic (exact) mass is 566 g/mol. The maximum absolute atomic E-state index is 13.0. The zero-order valence-corrected chi connectivity index (χ0v) is 24.1. The lowest BCUT2D eigenvalue weighted by atomic mass is 9.84. The third-order valence-corrected chi connectivity index (χ3v) is 8.07. The van der Waals surface area contributed by atoms with Crippen LogP contribution in [0, 0.1) is 6.92 Å². The van der Waals surface area contributed by atoms with E-state index >= 15 is 0 Å². The Morgan fingerprint density at radius 1 is 0.854 bits per heavy atom. The minimum absolute atomic E-state index is 0.0331. The summed E-state index contributed by atoms with van der Waals surface area (Å²) in [6.45, 7) is 9.90. The van der Waals surface area contributed by atoms with Crippen molar-refractivity contribution in [3.8, 4) is 0 Å². The van der Waals surface area contributed by atoms with Crippen LogP contribution in [0.25, 0.3) is 0 Å². The fourth-order valence-electron chi connectivity index (χ4n) is 5.64. The molecular weight excluding hydrogens is 524 g/mol. The van der Waals surface area contributed by atoms with Crippen LogP contribution >= 0.6 is 0 Å². The van der Waals surface area contributed by atoms with Crippen LogP contribution in [0.2, 0.25) is 0 Å². The number of benzene rings is 2. The highest BCUT2D eigenvalue weighted by Crippen LogP contribution is 2.33. The maximum Gasteiger partial charge on any atom is 0.303 e. The molecule has 3 N–H and O–H groups in total. The summed E-state index contributed by atoms with van der Waals surface area (Å²) in [5.74, 6) is -2.12. The van der Waals surface area contributed by atoms with Gasteiger partial charge in [-0.2, -0.15) is 0 Å². The summed E-state index contributed by atoms with van der Waals surface area (Å²) in [5.41, 5.74) is 7.59.